The number of aromatic nitrogens is 3. The number of carbonyl (C=O) groups excluding carboxylic acids is 1. The Balaban J connectivity index is 2.08. The normalized spacial score (nSPS) is 27.6. The molecular formula is C10H17N5O2S. The maximum atomic E-state index is 11.5. The molecule has 7 nitrogen and oxygen atoms in total. The first kappa shape index (κ1) is 13.2. The number of hydrogen-bond acceptors (Lipinski definition) is 5. The summed E-state index contributed by atoms with van der Waals surface area (Å²) in [5.74, 6) is -0.316. The maximum absolute atomic E-state index is 11.5. The van der Waals surface area contributed by atoms with Gasteiger partial charge in [0.25, 0.3) is 0 Å². The van der Waals surface area contributed by atoms with Crippen molar-refractivity contribution in [3.05, 3.63) is 10.5 Å². The van der Waals surface area contributed by atoms with Crippen molar-refractivity contribution in [1.82, 2.24) is 20.1 Å². The van der Waals surface area contributed by atoms with Gasteiger partial charge < -0.3 is 11.1 Å². The lowest BCUT2D eigenvalue weighted by Crippen LogP contribution is -2.52. The number of rotatable bonds is 4. The fourth-order valence-corrected chi connectivity index (χ4v) is 3.50. The predicted molar refractivity (Wildman–Crippen MR) is 68.3 cm³/mol. The lowest BCUT2D eigenvalue weighted by atomic mass is 9.97. The summed E-state index contributed by atoms with van der Waals surface area (Å²) in [7, 11) is 3.42. The van der Waals surface area contributed by atoms with Crippen LogP contribution in [0, 0.1) is 0 Å². The van der Waals surface area contributed by atoms with E-state index < -0.39 is 5.54 Å². The van der Waals surface area contributed by atoms with E-state index in [0.717, 1.165) is 12.8 Å². The Morgan fingerprint density at radius 2 is 2.44 bits per heavy atom. The second-order valence-corrected chi connectivity index (χ2v) is 5.82. The molecule has 0 spiro atoms. The second kappa shape index (κ2) is 4.77. The van der Waals surface area contributed by atoms with Crippen LogP contribution < -0.4 is 16.7 Å². The molecular weight excluding hydrogens is 254 g/mol. The van der Waals surface area contributed by atoms with Gasteiger partial charge in [0, 0.05) is 12.3 Å². The Morgan fingerprint density at radius 1 is 1.72 bits per heavy atom. The highest BCUT2D eigenvalue weighted by atomic mass is 32.2. The van der Waals surface area contributed by atoms with E-state index in [1.165, 1.54) is 16.3 Å². The molecule has 1 saturated carbocycles. The highest BCUT2D eigenvalue weighted by Crippen LogP contribution is 2.38. The molecule has 1 aromatic heterocycles. The highest BCUT2D eigenvalue weighted by Gasteiger charge is 2.43. The van der Waals surface area contributed by atoms with Crippen molar-refractivity contribution in [2.45, 2.75) is 35.2 Å². The van der Waals surface area contributed by atoms with Crippen LogP contribution in [0.3, 0.4) is 0 Å². The summed E-state index contributed by atoms with van der Waals surface area (Å²) >= 11 is 1.51. The Labute approximate surface area is 109 Å². The summed E-state index contributed by atoms with van der Waals surface area (Å²) in [4.78, 5) is 22.7. The minimum Gasteiger partial charge on any atom is -0.368 e. The van der Waals surface area contributed by atoms with Crippen molar-refractivity contribution >= 4 is 17.7 Å². The van der Waals surface area contributed by atoms with E-state index in [2.05, 4.69) is 15.5 Å². The molecule has 2 atom stereocenters. The SMILES string of the molecule is CNC1(C(N)=O)CCC(Sc2n[nH]c(=O)n2C)C1. The molecule has 1 aliphatic rings. The van der Waals surface area contributed by atoms with E-state index in [1.807, 2.05) is 0 Å². The summed E-state index contributed by atoms with van der Waals surface area (Å²) in [5.41, 5.74) is 4.60. The molecule has 1 aromatic rings. The van der Waals surface area contributed by atoms with Gasteiger partial charge in [0.1, 0.15) is 0 Å². The van der Waals surface area contributed by atoms with Crippen molar-refractivity contribution < 1.29 is 4.79 Å². The van der Waals surface area contributed by atoms with Crippen LogP contribution in [0.4, 0.5) is 0 Å². The summed E-state index contributed by atoms with van der Waals surface area (Å²) in [6.07, 6.45) is 2.24. The second-order valence-electron chi connectivity index (χ2n) is 4.55. The number of carbonyl (C=O) groups is 1. The molecule has 0 saturated heterocycles. The van der Waals surface area contributed by atoms with Crippen molar-refractivity contribution in [2.24, 2.45) is 12.8 Å². The topological polar surface area (TPSA) is 106 Å². The molecule has 0 bridgehead atoms. The van der Waals surface area contributed by atoms with E-state index in [1.54, 1.807) is 14.1 Å². The number of thioether (sulfide) groups is 1. The number of primary amides is 1. The third-order valence-corrected chi connectivity index (χ3v) is 4.84. The van der Waals surface area contributed by atoms with Crippen LogP contribution in [0.25, 0.3) is 0 Å². The predicted octanol–water partition coefficient (Wildman–Crippen LogP) is -0.803. The first-order valence-electron chi connectivity index (χ1n) is 5.75. The van der Waals surface area contributed by atoms with Gasteiger partial charge in [-0.05, 0) is 26.3 Å². The van der Waals surface area contributed by atoms with Gasteiger partial charge in [-0.25, -0.2) is 9.89 Å². The van der Waals surface area contributed by atoms with Gasteiger partial charge in [-0.3, -0.25) is 9.36 Å². The minimum atomic E-state index is -0.618. The third kappa shape index (κ3) is 2.17. The summed E-state index contributed by atoms with van der Waals surface area (Å²) in [6, 6.07) is 0. The van der Waals surface area contributed by atoms with E-state index >= 15 is 0 Å². The largest absolute Gasteiger partial charge is 0.368 e. The van der Waals surface area contributed by atoms with Gasteiger partial charge >= 0.3 is 5.69 Å². The molecule has 100 valence electrons. The third-order valence-electron chi connectivity index (χ3n) is 3.53. The van der Waals surface area contributed by atoms with Gasteiger partial charge in [-0.15, -0.1) is 5.10 Å². The summed E-state index contributed by atoms with van der Waals surface area (Å²) in [5, 5.41) is 10.2. The molecule has 8 heteroatoms. The zero-order valence-corrected chi connectivity index (χ0v) is 11.2. The molecule has 1 aliphatic carbocycles. The van der Waals surface area contributed by atoms with Crippen LogP contribution in [-0.2, 0) is 11.8 Å². The van der Waals surface area contributed by atoms with Gasteiger partial charge in [0.15, 0.2) is 5.16 Å². The number of aromatic amines is 1. The number of amides is 1. The van der Waals surface area contributed by atoms with Gasteiger partial charge in [-0.1, -0.05) is 11.8 Å². The van der Waals surface area contributed by atoms with Crippen molar-refractivity contribution in [1.29, 1.82) is 0 Å². The molecule has 0 aromatic carbocycles. The first-order chi connectivity index (χ1) is 8.48. The van der Waals surface area contributed by atoms with Crippen molar-refractivity contribution in [3.8, 4) is 0 Å². The van der Waals surface area contributed by atoms with Gasteiger partial charge in [0.05, 0.1) is 5.54 Å². The van der Waals surface area contributed by atoms with Crippen molar-refractivity contribution in [2.75, 3.05) is 7.05 Å². The van der Waals surface area contributed by atoms with Crippen LogP contribution in [0.1, 0.15) is 19.3 Å². The molecule has 2 rings (SSSR count). The molecule has 2 unspecified atom stereocenters. The summed E-state index contributed by atoms with van der Waals surface area (Å²) in [6.45, 7) is 0. The van der Waals surface area contributed by atoms with Gasteiger partial charge in [0.2, 0.25) is 5.91 Å². The van der Waals surface area contributed by atoms with Gasteiger partial charge in [-0.2, -0.15) is 0 Å². The number of nitrogens with two attached hydrogens (primary N) is 1. The quantitative estimate of drug-likeness (QED) is 0.664. The highest BCUT2D eigenvalue weighted by molar-refractivity contribution is 7.99. The molecule has 0 radical (unpaired) electrons. The Kier molecular flexibility index (Phi) is 3.49. The minimum absolute atomic E-state index is 0.231. The smallest absolute Gasteiger partial charge is 0.343 e. The van der Waals surface area contributed by atoms with E-state index in [4.69, 9.17) is 5.73 Å². The molecule has 1 heterocycles. The number of nitrogens with one attached hydrogen (secondary N) is 2. The van der Waals surface area contributed by atoms with E-state index in [0.29, 0.717) is 11.6 Å². The fraction of sp³-hybridized carbons (Fsp3) is 0.700. The Hall–Kier alpha value is -1.28. The maximum Gasteiger partial charge on any atom is 0.343 e. The Bertz CT molecular complexity index is 511. The number of likely N-dealkylation sites (N-methyl/N-ethyl adjacent to an activating group) is 1. The lowest BCUT2D eigenvalue weighted by Gasteiger charge is -2.24. The van der Waals surface area contributed by atoms with Crippen molar-refractivity contribution in [3.63, 3.8) is 0 Å². The fourth-order valence-electron chi connectivity index (χ4n) is 2.26. The summed E-state index contributed by atoms with van der Waals surface area (Å²) < 4.78 is 1.47. The average Bonchev–Trinajstić information content (AvgIpc) is 2.89. The zero-order valence-electron chi connectivity index (χ0n) is 10.4. The van der Waals surface area contributed by atoms with E-state index in [-0.39, 0.29) is 16.8 Å². The molecule has 18 heavy (non-hydrogen) atoms. The van der Waals surface area contributed by atoms with Crippen LogP contribution in [0.2, 0.25) is 0 Å². The van der Waals surface area contributed by atoms with Crippen LogP contribution in [0.5, 0.6) is 0 Å². The van der Waals surface area contributed by atoms with Crippen LogP contribution in [0.15, 0.2) is 9.95 Å². The molecule has 1 amide bonds. The Morgan fingerprint density at radius 3 is 2.89 bits per heavy atom. The average molecular weight is 271 g/mol. The number of nitrogens with zero attached hydrogens (tertiary/aromatic N) is 2. The first-order valence-corrected chi connectivity index (χ1v) is 6.63. The zero-order chi connectivity index (χ0) is 13.3. The monoisotopic (exact) mass is 271 g/mol. The molecule has 0 aliphatic heterocycles. The molecule has 4 N–H and O–H groups in total. The molecule has 1 fully saturated rings. The van der Waals surface area contributed by atoms with Crippen LogP contribution in [-0.4, -0.2) is 38.5 Å². The lowest BCUT2D eigenvalue weighted by molar-refractivity contribution is -0.124. The number of hydrogen-bond donors (Lipinski definition) is 3. The standard InChI is InChI=1S/C10H17N5O2S/c1-12-10(7(11)16)4-3-6(5-10)18-9-14-13-8(17)15(9)2/h6,12H,3-5H2,1-2H3,(H2,11,16)(H,13,17). The van der Waals surface area contributed by atoms with Crippen LogP contribution >= 0.6 is 11.8 Å². The number of H-pyrrole nitrogens is 1. The van der Waals surface area contributed by atoms with E-state index in [9.17, 15) is 9.59 Å².